The van der Waals surface area contributed by atoms with E-state index in [9.17, 15) is 4.79 Å². The first kappa shape index (κ1) is 12.6. The molecule has 5 heteroatoms. The van der Waals surface area contributed by atoms with E-state index in [1.165, 1.54) is 29.6 Å². The van der Waals surface area contributed by atoms with E-state index in [0.717, 1.165) is 5.69 Å². The van der Waals surface area contributed by atoms with Crippen LogP contribution < -0.4 is 5.32 Å². The molecule has 0 aliphatic heterocycles. The van der Waals surface area contributed by atoms with Gasteiger partial charge in [-0.15, -0.1) is 11.3 Å². The first-order valence-corrected chi connectivity index (χ1v) is 6.36. The van der Waals surface area contributed by atoms with E-state index in [-0.39, 0.29) is 0 Å². The Labute approximate surface area is 110 Å². The van der Waals surface area contributed by atoms with Crippen LogP contribution in [-0.2, 0) is 4.74 Å². The van der Waals surface area contributed by atoms with E-state index in [1.54, 1.807) is 5.38 Å². The average Bonchev–Trinajstić information content (AvgIpc) is 2.81. The number of hydrogen-bond donors (Lipinski definition) is 1. The van der Waals surface area contributed by atoms with E-state index in [4.69, 9.17) is 0 Å². The van der Waals surface area contributed by atoms with Crippen molar-refractivity contribution in [3.05, 3.63) is 40.4 Å². The van der Waals surface area contributed by atoms with Gasteiger partial charge in [0.25, 0.3) is 0 Å². The van der Waals surface area contributed by atoms with Gasteiger partial charge in [0.15, 0.2) is 10.8 Å². The van der Waals surface area contributed by atoms with Gasteiger partial charge in [0, 0.05) is 11.1 Å². The molecule has 0 amide bonds. The summed E-state index contributed by atoms with van der Waals surface area (Å²) in [6, 6.07) is 6.09. The molecule has 1 N–H and O–H groups in total. The number of nitrogens with one attached hydrogen (secondary N) is 1. The molecule has 0 saturated heterocycles. The number of nitrogens with zero attached hydrogens (tertiary/aromatic N) is 1. The van der Waals surface area contributed by atoms with Crippen molar-refractivity contribution in [3.8, 4) is 0 Å². The smallest absolute Gasteiger partial charge is 0.357 e. The number of anilines is 2. The molecule has 0 unspecified atom stereocenters. The molecule has 2 rings (SSSR count). The van der Waals surface area contributed by atoms with E-state index in [2.05, 4.69) is 35.0 Å². The van der Waals surface area contributed by atoms with Crippen LogP contribution in [-0.4, -0.2) is 18.1 Å². The minimum Gasteiger partial charge on any atom is -0.464 e. The number of carbonyl (C=O) groups excluding carboxylic acids is 1. The molecule has 0 spiro atoms. The molecule has 0 bridgehead atoms. The lowest BCUT2D eigenvalue weighted by Crippen LogP contribution is -2.01. The number of esters is 1. The highest BCUT2D eigenvalue weighted by Crippen LogP contribution is 2.22. The Balaban J connectivity index is 2.16. The number of ether oxygens (including phenoxy) is 1. The van der Waals surface area contributed by atoms with Crippen LogP contribution in [0.4, 0.5) is 10.8 Å². The van der Waals surface area contributed by atoms with Crippen molar-refractivity contribution in [2.24, 2.45) is 0 Å². The summed E-state index contributed by atoms with van der Waals surface area (Å²) in [6.07, 6.45) is 0. The second kappa shape index (κ2) is 5.18. The SMILES string of the molecule is COC(=O)c1csc(Nc2ccc(C)c(C)c2)n1. The Hall–Kier alpha value is -1.88. The molecule has 1 heterocycles. The predicted octanol–water partition coefficient (Wildman–Crippen LogP) is 3.29. The molecule has 94 valence electrons. The van der Waals surface area contributed by atoms with E-state index in [1.807, 2.05) is 12.1 Å². The van der Waals surface area contributed by atoms with Gasteiger partial charge in [0.1, 0.15) is 0 Å². The Morgan fingerprint density at radius 3 is 2.78 bits per heavy atom. The third kappa shape index (κ3) is 2.68. The van der Waals surface area contributed by atoms with Crippen LogP contribution in [0.2, 0.25) is 0 Å². The fourth-order valence-electron chi connectivity index (χ4n) is 1.47. The summed E-state index contributed by atoms with van der Waals surface area (Å²) in [6.45, 7) is 4.13. The first-order valence-electron chi connectivity index (χ1n) is 5.48. The van der Waals surface area contributed by atoms with E-state index in [0.29, 0.717) is 10.8 Å². The van der Waals surface area contributed by atoms with E-state index < -0.39 is 5.97 Å². The zero-order valence-electron chi connectivity index (χ0n) is 10.5. The van der Waals surface area contributed by atoms with Crippen molar-refractivity contribution in [1.82, 2.24) is 4.98 Å². The van der Waals surface area contributed by atoms with Gasteiger partial charge in [-0.3, -0.25) is 0 Å². The van der Waals surface area contributed by atoms with Gasteiger partial charge in [0.05, 0.1) is 7.11 Å². The molecule has 0 radical (unpaired) electrons. The summed E-state index contributed by atoms with van der Waals surface area (Å²) in [5.41, 5.74) is 3.75. The summed E-state index contributed by atoms with van der Waals surface area (Å²) < 4.78 is 4.61. The standard InChI is InChI=1S/C13H14N2O2S/c1-8-4-5-10(6-9(8)2)14-13-15-11(7-18-13)12(16)17-3/h4-7H,1-3H3,(H,14,15). The number of aryl methyl sites for hydroxylation is 2. The minimum atomic E-state index is -0.417. The van der Waals surface area contributed by atoms with Crippen LogP contribution in [0.1, 0.15) is 21.6 Å². The number of aromatic nitrogens is 1. The van der Waals surface area contributed by atoms with Gasteiger partial charge in [-0.1, -0.05) is 6.07 Å². The second-order valence-electron chi connectivity index (χ2n) is 3.95. The van der Waals surface area contributed by atoms with Crippen LogP contribution in [0, 0.1) is 13.8 Å². The van der Waals surface area contributed by atoms with Gasteiger partial charge in [-0.25, -0.2) is 9.78 Å². The van der Waals surface area contributed by atoms with Crippen LogP contribution >= 0.6 is 11.3 Å². The van der Waals surface area contributed by atoms with Crippen LogP contribution in [0.15, 0.2) is 23.6 Å². The van der Waals surface area contributed by atoms with Crippen LogP contribution in [0.5, 0.6) is 0 Å². The quantitative estimate of drug-likeness (QED) is 0.862. The third-order valence-electron chi connectivity index (χ3n) is 2.66. The van der Waals surface area contributed by atoms with Crippen molar-refractivity contribution in [2.75, 3.05) is 12.4 Å². The Morgan fingerprint density at radius 2 is 2.11 bits per heavy atom. The lowest BCUT2D eigenvalue weighted by atomic mass is 10.1. The van der Waals surface area contributed by atoms with Gasteiger partial charge in [-0.2, -0.15) is 0 Å². The number of rotatable bonds is 3. The first-order chi connectivity index (χ1) is 8.60. The molecule has 2 aromatic rings. The zero-order chi connectivity index (χ0) is 13.1. The maximum Gasteiger partial charge on any atom is 0.357 e. The largest absolute Gasteiger partial charge is 0.464 e. The summed E-state index contributed by atoms with van der Waals surface area (Å²) in [5, 5.41) is 5.53. The maximum atomic E-state index is 11.3. The molecule has 18 heavy (non-hydrogen) atoms. The zero-order valence-corrected chi connectivity index (χ0v) is 11.3. The van der Waals surface area contributed by atoms with Crippen molar-refractivity contribution in [2.45, 2.75) is 13.8 Å². The molecule has 0 fully saturated rings. The molecule has 0 saturated carbocycles. The number of hydrogen-bond acceptors (Lipinski definition) is 5. The monoisotopic (exact) mass is 262 g/mol. The molecule has 1 aromatic heterocycles. The summed E-state index contributed by atoms with van der Waals surface area (Å²) in [5.74, 6) is -0.417. The Kier molecular flexibility index (Phi) is 3.62. The number of benzene rings is 1. The van der Waals surface area contributed by atoms with Gasteiger partial charge >= 0.3 is 5.97 Å². The summed E-state index contributed by atoms with van der Waals surface area (Å²) in [4.78, 5) is 15.4. The van der Waals surface area contributed by atoms with Crippen LogP contribution in [0.3, 0.4) is 0 Å². The molecule has 0 aliphatic rings. The lowest BCUT2D eigenvalue weighted by molar-refractivity contribution is 0.0595. The van der Waals surface area contributed by atoms with Crippen molar-refractivity contribution < 1.29 is 9.53 Å². The minimum absolute atomic E-state index is 0.328. The predicted molar refractivity (Wildman–Crippen MR) is 72.7 cm³/mol. The fourth-order valence-corrected chi connectivity index (χ4v) is 2.17. The van der Waals surface area contributed by atoms with Gasteiger partial charge in [-0.05, 0) is 37.1 Å². The van der Waals surface area contributed by atoms with Crippen molar-refractivity contribution >= 4 is 28.1 Å². The molecule has 0 aliphatic carbocycles. The highest BCUT2D eigenvalue weighted by Gasteiger charge is 2.10. The van der Waals surface area contributed by atoms with E-state index >= 15 is 0 Å². The normalized spacial score (nSPS) is 10.2. The maximum absolute atomic E-state index is 11.3. The third-order valence-corrected chi connectivity index (χ3v) is 3.41. The Bertz CT molecular complexity index is 578. The second-order valence-corrected chi connectivity index (χ2v) is 4.81. The van der Waals surface area contributed by atoms with Crippen molar-refractivity contribution in [1.29, 1.82) is 0 Å². The highest BCUT2D eigenvalue weighted by molar-refractivity contribution is 7.14. The summed E-state index contributed by atoms with van der Waals surface area (Å²) >= 11 is 1.38. The fraction of sp³-hybridized carbons (Fsp3) is 0.231. The summed E-state index contributed by atoms with van der Waals surface area (Å²) in [7, 11) is 1.35. The molecule has 4 nitrogen and oxygen atoms in total. The number of thiazole rings is 1. The van der Waals surface area contributed by atoms with Gasteiger partial charge < -0.3 is 10.1 Å². The molecular formula is C13H14N2O2S. The molecule has 0 atom stereocenters. The topological polar surface area (TPSA) is 51.2 Å². The molecular weight excluding hydrogens is 248 g/mol. The Morgan fingerprint density at radius 1 is 1.33 bits per heavy atom. The number of carbonyl (C=O) groups is 1. The van der Waals surface area contributed by atoms with Crippen LogP contribution in [0.25, 0.3) is 0 Å². The lowest BCUT2D eigenvalue weighted by Gasteiger charge is -2.05. The molecule has 1 aromatic carbocycles. The average molecular weight is 262 g/mol. The van der Waals surface area contributed by atoms with Gasteiger partial charge in [0.2, 0.25) is 0 Å². The highest BCUT2D eigenvalue weighted by atomic mass is 32.1. The number of methoxy groups -OCH3 is 1. The van der Waals surface area contributed by atoms with Crippen molar-refractivity contribution in [3.63, 3.8) is 0 Å².